The molecular weight excluding hydrogens is 368 g/mol. The van der Waals surface area contributed by atoms with Crippen molar-refractivity contribution in [1.29, 1.82) is 0 Å². The summed E-state index contributed by atoms with van der Waals surface area (Å²) < 4.78 is 1.17. The standard InChI is InChI=1S/C22H20N4OS/c1-14-12-18(27)9-11-19(14)25-24-16-6-4-15(5-7-16)22-23-20-10-8-17(26(2)3)13-21(20)28-22/h4-13,27H,1-3H3. The van der Waals surface area contributed by atoms with E-state index in [1.165, 1.54) is 10.4 Å². The molecule has 1 aromatic heterocycles. The summed E-state index contributed by atoms with van der Waals surface area (Å²) in [7, 11) is 4.08. The molecule has 5 nitrogen and oxygen atoms in total. The highest BCUT2D eigenvalue weighted by Crippen LogP contribution is 2.33. The molecular formula is C22H20N4OS. The predicted octanol–water partition coefficient (Wildman–Crippen LogP) is 6.46. The lowest BCUT2D eigenvalue weighted by Crippen LogP contribution is -2.07. The van der Waals surface area contributed by atoms with Crippen molar-refractivity contribution < 1.29 is 5.11 Å². The van der Waals surface area contributed by atoms with Crippen LogP contribution in [0.2, 0.25) is 0 Å². The molecule has 0 atom stereocenters. The number of anilines is 1. The summed E-state index contributed by atoms with van der Waals surface area (Å²) >= 11 is 1.69. The second-order valence-corrected chi connectivity index (χ2v) is 7.81. The Morgan fingerprint density at radius 2 is 1.71 bits per heavy atom. The fraction of sp³-hybridized carbons (Fsp3) is 0.136. The Morgan fingerprint density at radius 3 is 2.43 bits per heavy atom. The smallest absolute Gasteiger partial charge is 0.124 e. The van der Waals surface area contributed by atoms with Gasteiger partial charge in [0.25, 0.3) is 0 Å². The average Bonchev–Trinajstić information content (AvgIpc) is 3.11. The Balaban J connectivity index is 1.57. The number of phenolic OH excluding ortho intramolecular Hbond substituents is 1. The molecule has 140 valence electrons. The van der Waals surface area contributed by atoms with E-state index in [9.17, 15) is 5.11 Å². The zero-order valence-corrected chi connectivity index (χ0v) is 16.7. The summed E-state index contributed by atoms with van der Waals surface area (Å²) in [5, 5.41) is 19.0. The van der Waals surface area contributed by atoms with E-state index >= 15 is 0 Å². The Labute approximate surface area is 167 Å². The van der Waals surface area contributed by atoms with Crippen LogP contribution >= 0.6 is 11.3 Å². The lowest BCUT2D eigenvalue weighted by Gasteiger charge is -2.11. The van der Waals surface area contributed by atoms with E-state index in [-0.39, 0.29) is 5.75 Å². The summed E-state index contributed by atoms with van der Waals surface area (Å²) in [5.74, 6) is 0.231. The molecule has 6 heteroatoms. The zero-order valence-electron chi connectivity index (χ0n) is 15.9. The predicted molar refractivity (Wildman–Crippen MR) is 116 cm³/mol. The van der Waals surface area contributed by atoms with Gasteiger partial charge in [0.2, 0.25) is 0 Å². The molecule has 0 aliphatic carbocycles. The highest BCUT2D eigenvalue weighted by atomic mass is 32.1. The van der Waals surface area contributed by atoms with Crippen LogP contribution in [0.1, 0.15) is 5.56 Å². The molecule has 0 aliphatic heterocycles. The van der Waals surface area contributed by atoms with E-state index < -0.39 is 0 Å². The number of nitrogens with zero attached hydrogens (tertiary/aromatic N) is 4. The number of aromatic hydroxyl groups is 1. The number of phenols is 1. The Bertz CT molecular complexity index is 1160. The first-order valence-electron chi connectivity index (χ1n) is 8.89. The van der Waals surface area contributed by atoms with Crippen molar-refractivity contribution in [2.24, 2.45) is 10.2 Å². The van der Waals surface area contributed by atoms with Gasteiger partial charge in [-0.05, 0) is 73.2 Å². The lowest BCUT2D eigenvalue weighted by molar-refractivity contribution is 0.475. The van der Waals surface area contributed by atoms with Crippen LogP contribution in [0.4, 0.5) is 17.1 Å². The minimum absolute atomic E-state index is 0.231. The fourth-order valence-electron chi connectivity index (χ4n) is 2.85. The van der Waals surface area contributed by atoms with E-state index in [0.29, 0.717) is 0 Å². The van der Waals surface area contributed by atoms with E-state index in [1.54, 1.807) is 29.5 Å². The molecule has 0 radical (unpaired) electrons. The van der Waals surface area contributed by atoms with Crippen molar-refractivity contribution in [1.82, 2.24) is 4.98 Å². The highest BCUT2D eigenvalue weighted by molar-refractivity contribution is 7.21. The van der Waals surface area contributed by atoms with E-state index in [4.69, 9.17) is 4.98 Å². The second kappa shape index (κ2) is 7.40. The van der Waals surface area contributed by atoms with Crippen molar-refractivity contribution in [2.75, 3.05) is 19.0 Å². The van der Waals surface area contributed by atoms with Gasteiger partial charge in [0.15, 0.2) is 0 Å². The maximum absolute atomic E-state index is 9.48. The number of azo groups is 1. The molecule has 0 unspecified atom stereocenters. The Hall–Kier alpha value is -3.25. The lowest BCUT2D eigenvalue weighted by atomic mass is 10.2. The fourth-order valence-corrected chi connectivity index (χ4v) is 3.85. The molecule has 1 N–H and O–H groups in total. The molecule has 0 aliphatic rings. The normalized spacial score (nSPS) is 11.4. The molecule has 28 heavy (non-hydrogen) atoms. The number of hydrogen-bond donors (Lipinski definition) is 1. The highest BCUT2D eigenvalue weighted by Gasteiger charge is 2.08. The van der Waals surface area contributed by atoms with Crippen LogP contribution in [0.15, 0.2) is 70.9 Å². The second-order valence-electron chi connectivity index (χ2n) is 6.78. The SMILES string of the molecule is Cc1cc(O)ccc1N=Nc1ccc(-c2nc3ccc(N(C)C)cc3s2)cc1. The minimum atomic E-state index is 0.231. The summed E-state index contributed by atoms with van der Waals surface area (Å²) in [6, 6.07) is 19.3. The first kappa shape index (κ1) is 18.1. The number of aryl methyl sites for hydroxylation is 1. The number of aromatic nitrogens is 1. The summed E-state index contributed by atoms with van der Waals surface area (Å²) in [5.41, 5.74) is 5.64. The van der Waals surface area contributed by atoms with Crippen LogP contribution in [0, 0.1) is 6.92 Å². The van der Waals surface area contributed by atoms with Crippen molar-refractivity contribution in [3.63, 3.8) is 0 Å². The Morgan fingerprint density at radius 1 is 0.929 bits per heavy atom. The van der Waals surface area contributed by atoms with Crippen LogP contribution in [-0.2, 0) is 0 Å². The molecule has 0 spiro atoms. The van der Waals surface area contributed by atoms with Gasteiger partial charge in [0.1, 0.15) is 10.8 Å². The molecule has 3 aromatic carbocycles. The third-order valence-electron chi connectivity index (χ3n) is 4.46. The summed E-state index contributed by atoms with van der Waals surface area (Å²) in [6.45, 7) is 1.89. The van der Waals surface area contributed by atoms with Crippen molar-refractivity contribution in [3.05, 3.63) is 66.2 Å². The molecule has 0 bridgehead atoms. The molecule has 0 amide bonds. The number of benzene rings is 3. The average molecular weight is 388 g/mol. The van der Waals surface area contributed by atoms with Gasteiger partial charge in [0.05, 0.1) is 21.6 Å². The van der Waals surface area contributed by atoms with E-state index in [1.807, 2.05) is 45.3 Å². The van der Waals surface area contributed by atoms with Crippen molar-refractivity contribution >= 4 is 38.6 Å². The van der Waals surface area contributed by atoms with Crippen LogP contribution in [0.25, 0.3) is 20.8 Å². The maximum atomic E-state index is 9.48. The van der Waals surface area contributed by atoms with Crippen LogP contribution < -0.4 is 4.90 Å². The van der Waals surface area contributed by atoms with Gasteiger partial charge < -0.3 is 10.0 Å². The van der Waals surface area contributed by atoms with Gasteiger partial charge in [-0.25, -0.2) is 4.98 Å². The van der Waals surface area contributed by atoms with Gasteiger partial charge in [-0.15, -0.1) is 11.3 Å². The van der Waals surface area contributed by atoms with E-state index in [0.717, 1.165) is 33.0 Å². The molecule has 0 saturated heterocycles. The zero-order chi connectivity index (χ0) is 19.7. The number of fused-ring (bicyclic) bond motifs is 1. The van der Waals surface area contributed by atoms with Crippen LogP contribution in [0.5, 0.6) is 5.75 Å². The summed E-state index contributed by atoms with van der Waals surface area (Å²) in [4.78, 5) is 6.84. The number of hydrogen-bond acceptors (Lipinski definition) is 6. The monoisotopic (exact) mass is 388 g/mol. The van der Waals surface area contributed by atoms with Crippen LogP contribution in [-0.4, -0.2) is 24.2 Å². The third-order valence-corrected chi connectivity index (χ3v) is 5.52. The van der Waals surface area contributed by atoms with Gasteiger partial charge in [-0.1, -0.05) is 0 Å². The van der Waals surface area contributed by atoms with Crippen molar-refractivity contribution in [2.45, 2.75) is 6.92 Å². The van der Waals surface area contributed by atoms with Crippen molar-refractivity contribution in [3.8, 4) is 16.3 Å². The molecule has 0 saturated carbocycles. The summed E-state index contributed by atoms with van der Waals surface area (Å²) in [6.07, 6.45) is 0. The van der Waals surface area contributed by atoms with Crippen LogP contribution in [0.3, 0.4) is 0 Å². The van der Waals surface area contributed by atoms with E-state index in [2.05, 4.69) is 33.3 Å². The topological polar surface area (TPSA) is 61.1 Å². The first-order valence-corrected chi connectivity index (χ1v) is 9.71. The molecule has 0 fully saturated rings. The quantitative estimate of drug-likeness (QED) is 0.408. The Kier molecular flexibility index (Phi) is 4.79. The molecule has 4 rings (SSSR count). The van der Waals surface area contributed by atoms with Gasteiger partial charge in [0, 0.05) is 25.3 Å². The minimum Gasteiger partial charge on any atom is -0.508 e. The van der Waals surface area contributed by atoms with Gasteiger partial charge in [-0.3, -0.25) is 0 Å². The molecule has 1 heterocycles. The molecule has 4 aromatic rings. The number of thiazole rings is 1. The maximum Gasteiger partial charge on any atom is 0.124 e. The van der Waals surface area contributed by atoms with Gasteiger partial charge >= 0.3 is 0 Å². The first-order chi connectivity index (χ1) is 13.5. The number of rotatable bonds is 4. The largest absolute Gasteiger partial charge is 0.508 e. The van der Waals surface area contributed by atoms with Gasteiger partial charge in [-0.2, -0.15) is 10.2 Å². The third kappa shape index (κ3) is 3.73.